The van der Waals surface area contributed by atoms with Gasteiger partial charge in [0.2, 0.25) is 5.75 Å². The minimum atomic E-state index is -4.34. The molecule has 0 bridgehead atoms. The van der Waals surface area contributed by atoms with E-state index < -0.39 is 11.7 Å². The van der Waals surface area contributed by atoms with Gasteiger partial charge in [-0.2, -0.15) is 13.2 Å². The van der Waals surface area contributed by atoms with Crippen molar-refractivity contribution in [3.05, 3.63) is 53.1 Å². The smallest absolute Gasteiger partial charge is 0.416 e. The van der Waals surface area contributed by atoms with E-state index in [9.17, 15) is 13.2 Å². The molecule has 0 saturated heterocycles. The minimum Gasteiger partial charge on any atom is -0.493 e. The Hall–Kier alpha value is -3.10. The maximum absolute atomic E-state index is 12.6. The van der Waals surface area contributed by atoms with Crippen LogP contribution in [0.1, 0.15) is 16.7 Å². The van der Waals surface area contributed by atoms with Crippen molar-refractivity contribution in [1.82, 2.24) is 10.6 Å². The average Bonchev–Trinajstić information content (AvgIpc) is 2.72. The van der Waals surface area contributed by atoms with E-state index >= 15 is 0 Å². The molecule has 0 unspecified atom stereocenters. The van der Waals surface area contributed by atoms with Crippen LogP contribution in [-0.4, -0.2) is 34.3 Å². The molecule has 0 spiro atoms. The lowest BCUT2D eigenvalue weighted by molar-refractivity contribution is -0.137. The van der Waals surface area contributed by atoms with Gasteiger partial charge in [0.15, 0.2) is 17.5 Å². The molecular formula is C20H24F3N3O3. The summed E-state index contributed by atoms with van der Waals surface area (Å²) in [6, 6.07) is 8.62. The Morgan fingerprint density at radius 1 is 0.862 bits per heavy atom. The van der Waals surface area contributed by atoms with Gasteiger partial charge >= 0.3 is 6.18 Å². The molecule has 158 valence electrons. The fraction of sp³-hybridized carbons (Fsp3) is 0.350. The van der Waals surface area contributed by atoms with Gasteiger partial charge in [0, 0.05) is 20.1 Å². The number of hydrogen-bond acceptors (Lipinski definition) is 4. The van der Waals surface area contributed by atoms with Gasteiger partial charge in [0.25, 0.3) is 0 Å². The lowest BCUT2D eigenvalue weighted by atomic mass is 10.1. The topological polar surface area (TPSA) is 64.1 Å². The van der Waals surface area contributed by atoms with E-state index in [-0.39, 0.29) is 0 Å². The SMILES string of the molecule is CN=C(NCc1ccc(C(F)(F)F)cc1)NCc1cc(OC)c(OC)c(OC)c1. The molecule has 0 aliphatic heterocycles. The molecule has 0 amide bonds. The summed E-state index contributed by atoms with van der Waals surface area (Å²) in [7, 11) is 6.22. The summed E-state index contributed by atoms with van der Waals surface area (Å²) in [4.78, 5) is 4.12. The summed E-state index contributed by atoms with van der Waals surface area (Å²) >= 11 is 0. The zero-order chi connectivity index (χ0) is 21.4. The number of guanidine groups is 1. The first-order valence-electron chi connectivity index (χ1n) is 8.72. The third-order valence-corrected chi connectivity index (χ3v) is 4.15. The first-order valence-corrected chi connectivity index (χ1v) is 8.72. The summed E-state index contributed by atoms with van der Waals surface area (Å²) < 4.78 is 53.9. The minimum absolute atomic E-state index is 0.326. The highest BCUT2D eigenvalue weighted by Crippen LogP contribution is 2.38. The molecule has 0 saturated carbocycles. The fourth-order valence-electron chi connectivity index (χ4n) is 2.64. The zero-order valence-electron chi connectivity index (χ0n) is 16.7. The molecule has 29 heavy (non-hydrogen) atoms. The van der Waals surface area contributed by atoms with Crippen molar-refractivity contribution in [2.75, 3.05) is 28.4 Å². The number of hydrogen-bond donors (Lipinski definition) is 2. The second kappa shape index (κ2) is 9.90. The van der Waals surface area contributed by atoms with Crippen LogP contribution in [0.25, 0.3) is 0 Å². The molecule has 0 radical (unpaired) electrons. The summed E-state index contributed by atoms with van der Waals surface area (Å²) in [5.41, 5.74) is 0.900. The van der Waals surface area contributed by atoms with Crippen LogP contribution in [-0.2, 0) is 19.3 Å². The van der Waals surface area contributed by atoms with Gasteiger partial charge < -0.3 is 24.8 Å². The van der Waals surface area contributed by atoms with Crippen molar-refractivity contribution in [1.29, 1.82) is 0 Å². The van der Waals surface area contributed by atoms with Crippen LogP contribution in [0.4, 0.5) is 13.2 Å². The van der Waals surface area contributed by atoms with E-state index in [0.717, 1.165) is 17.7 Å². The molecule has 0 atom stereocenters. The number of benzene rings is 2. The van der Waals surface area contributed by atoms with Crippen molar-refractivity contribution < 1.29 is 27.4 Å². The number of nitrogens with one attached hydrogen (secondary N) is 2. The van der Waals surface area contributed by atoms with E-state index in [1.807, 2.05) is 12.1 Å². The maximum atomic E-state index is 12.6. The van der Waals surface area contributed by atoms with Crippen LogP contribution >= 0.6 is 0 Å². The average molecular weight is 411 g/mol. The molecule has 2 N–H and O–H groups in total. The Labute approximate surface area is 167 Å². The Morgan fingerprint density at radius 3 is 1.79 bits per heavy atom. The van der Waals surface area contributed by atoms with Crippen LogP contribution in [0.2, 0.25) is 0 Å². The second-order valence-electron chi connectivity index (χ2n) is 6.01. The van der Waals surface area contributed by atoms with Crippen LogP contribution < -0.4 is 24.8 Å². The van der Waals surface area contributed by atoms with Gasteiger partial charge in [-0.05, 0) is 35.4 Å². The Kier molecular flexibility index (Phi) is 7.58. The number of methoxy groups -OCH3 is 3. The molecule has 2 rings (SSSR count). The number of alkyl halides is 3. The number of rotatable bonds is 7. The molecular weight excluding hydrogens is 387 g/mol. The first kappa shape index (κ1) is 22.2. The Balaban J connectivity index is 1.99. The van der Waals surface area contributed by atoms with E-state index in [1.165, 1.54) is 19.2 Å². The van der Waals surface area contributed by atoms with Crippen molar-refractivity contribution in [3.63, 3.8) is 0 Å². The normalized spacial score (nSPS) is 11.8. The highest BCUT2D eigenvalue weighted by molar-refractivity contribution is 5.79. The Morgan fingerprint density at radius 2 is 1.38 bits per heavy atom. The van der Waals surface area contributed by atoms with E-state index in [2.05, 4.69) is 15.6 Å². The number of ether oxygens (including phenoxy) is 3. The summed E-state index contributed by atoms with van der Waals surface area (Å²) in [5, 5.41) is 6.20. The van der Waals surface area contributed by atoms with Crippen molar-refractivity contribution in [2.45, 2.75) is 19.3 Å². The predicted octanol–water partition coefficient (Wildman–Crippen LogP) is 3.60. The molecule has 2 aromatic rings. The summed E-state index contributed by atoms with van der Waals surface area (Å²) in [6.45, 7) is 0.746. The number of halogens is 3. The monoisotopic (exact) mass is 411 g/mol. The second-order valence-corrected chi connectivity index (χ2v) is 6.01. The third-order valence-electron chi connectivity index (χ3n) is 4.15. The predicted molar refractivity (Wildman–Crippen MR) is 105 cm³/mol. The molecule has 0 fully saturated rings. The van der Waals surface area contributed by atoms with E-state index in [1.54, 1.807) is 21.3 Å². The molecule has 0 heterocycles. The van der Waals surface area contributed by atoms with Gasteiger partial charge in [-0.15, -0.1) is 0 Å². The Bertz CT molecular complexity index is 812. The number of aliphatic imine (C=N–C) groups is 1. The summed E-state index contributed by atoms with van der Waals surface area (Å²) in [5.74, 6) is 2.08. The summed E-state index contributed by atoms with van der Waals surface area (Å²) in [6.07, 6.45) is -4.34. The van der Waals surface area contributed by atoms with E-state index in [4.69, 9.17) is 14.2 Å². The fourth-order valence-corrected chi connectivity index (χ4v) is 2.64. The maximum Gasteiger partial charge on any atom is 0.416 e. The van der Waals surface area contributed by atoms with Crippen molar-refractivity contribution >= 4 is 5.96 Å². The highest BCUT2D eigenvalue weighted by atomic mass is 19.4. The van der Waals surface area contributed by atoms with Crippen molar-refractivity contribution in [3.8, 4) is 17.2 Å². The molecule has 0 aliphatic carbocycles. The van der Waals surface area contributed by atoms with Crippen LogP contribution in [0.15, 0.2) is 41.4 Å². The number of nitrogens with zero attached hydrogens (tertiary/aromatic N) is 1. The van der Waals surface area contributed by atoms with Gasteiger partial charge in [0.1, 0.15) is 0 Å². The highest BCUT2D eigenvalue weighted by Gasteiger charge is 2.29. The van der Waals surface area contributed by atoms with Gasteiger partial charge in [0.05, 0.1) is 26.9 Å². The van der Waals surface area contributed by atoms with Crippen LogP contribution in [0.3, 0.4) is 0 Å². The molecule has 0 aromatic heterocycles. The molecule has 2 aromatic carbocycles. The van der Waals surface area contributed by atoms with Crippen LogP contribution in [0, 0.1) is 0 Å². The lowest BCUT2D eigenvalue weighted by Crippen LogP contribution is -2.36. The lowest BCUT2D eigenvalue weighted by Gasteiger charge is -2.16. The van der Waals surface area contributed by atoms with Crippen molar-refractivity contribution in [2.24, 2.45) is 4.99 Å². The molecule has 6 nitrogen and oxygen atoms in total. The first-order chi connectivity index (χ1) is 13.8. The largest absolute Gasteiger partial charge is 0.493 e. The van der Waals surface area contributed by atoms with Gasteiger partial charge in [-0.25, -0.2) is 0 Å². The zero-order valence-corrected chi connectivity index (χ0v) is 16.7. The van der Waals surface area contributed by atoms with E-state index in [0.29, 0.717) is 41.9 Å². The van der Waals surface area contributed by atoms with Crippen LogP contribution in [0.5, 0.6) is 17.2 Å². The molecule has 9 heteroatoms. The standard InChI is InChI=1S/C20H24F3N3O3/c1-24-19(25-11-13-5-7-15(8-6-13)20(21,22)23)26-12-14-9-16(27-2)18(29-4)17(10-14)28-3/h5-10H,11-12H2,1-4H3,(H2,24,25,26). The quantitative estimate of drug-likeness (QED) is 0.539. The van der Waals surface area contributed by atoms with Gasteiger partial charge in [-0.1, -0.05) is 12.1 Å². The van der Waals surface area contributed by atoms with Gasteiger partial charge in [-0.3, -0.25) is 4.99 Å². The molecule has 0 aliphatic rings. The third kappa shape index (κ3) is 5.94.